The van der Waals surface area contributed by atoms with Gasteiger partial charge in [-0.2, -0.15) is 0 Å². The average molecular weight is 225 g/mol. The molecular weight excluding hydrogens is 210 g/mol. The molecule has 0 bridgehead atoms. The maximum atomic E-state index is 11.6. The Balaban J connectivity index is 2.05. The molecule has 2 heterocycles. The van der Waals surface area contributed by atoms with Crippen molar-refractivity contribution in [3.05, 3.63) is 22.7 Å². The number of nitrogens with one attached hydrogen (secondary N) is 1. The van der Waals surface area contributed by atoms with Crippen LogP contribution in [0.5, 0.6) is 0 Å². The second-order valence-electron chi connectivity index (χ2n) is 3.88. The number of rotatable bonds is 3. The Hall–Kier alpha value is -1.40. The van der Waals surface area contributed by atoms with Crippen molar-refractivity contribution in [1.82, 2.24) is 9.55 Å². The number of ether oxygens (including phenoxy) is 2. The molecule has 0 spiro atoms. The lowest BCUT2D eigenvalue weighted by Gasteiger charge is -2.22. The number of hydrogen-bond donors (Lipinski definition) is 1. The fourth-order valence-corrected chi connectivity index (χ4v) is 1.52. The zero-order valence-corrected chi connectivity index (χ0v) is 9.40. The first-order valence-corrected chi connectivity index (χ1v) is 5.14. The smallest absolute Gasteiger partial charge is 0.293 e. The Morgan fingerprint density at radius 3 is 2.94 bits per heavy atom. The van der Waals surface area contributed by atoms with Gasteiger partial charge in [0.15, 0.2) is 11.6 Å². The Morgan fingerprint density at radius 2 is 2.25 bits per heavy atom. The highest BCUT2D eigenvalue weighted by atomic mass is 16.7. The molecule has 6 nitrogen and oxygen atoms in total. The summed E-state index contributed by atoms with van der Waals surface area (Å²) in [4.78, 5) is 15.6. The van der Waals surface area contributed by atoms with Gasteiger partial charge in [-0.25, -0.2) is 4.98 Å². The third-order valence-corrected chi connectivity index (χ3v) is 2.49. The van der Waals surface area contributed by atoms with Gasteiger partial charge >= 0.3 is 0 Å². The summed E-state index contributed by atoms with van der Waals surface area (Å²) in [6.45, 7) is 3.40. The lowest BCUT2D eigenvalue weighted by atomic mass is 10.3. The van der Waals surface area contributed by atoms with Crippen molar-refractivity contribution in [1.29, 1.82) is 0 Å². The van der Waals surface area contributed by atoms with Gasteiger partial charge in [-0.05, 0) is 6.92 Å². The second-order valence-corrected chi connectivity index (χ2v) is 3.88. The summed E-state index contributed by atoms with van der Waals surface area (Å²) >= 11 is 0. The number of nitrogens with zero attached hydrogens (tertiary/aromatic N) is 2. The quantitative estimate of drug-likeness (QED) is 0.781. The highest BCUT2D eigenvalue weighted by molar-refractivity contribution is 5.30. The van der Waals surface area contributed by atoms with Crippen molar-refractivity contribution in [3.8, 4) is 0 Å². The summed E-state index contributed by atoms with van der Waals surface area (Å²) in [5.74, 6) is -0.354. The van der Waals surface area contributed by atoms with Crippen LogP contribution in [0, 0.1) is 0 Å². The molecule has 1 saturated heterocycles. The van der Waals surface area contributed by atoms with E-state index in [4.69, 9.17) is 9.47 Å². The van der Waals surface area contributed by atoms with Crippen LogP contribution < -0.4 is 10.9 Å². The van der Waals surface area contributed by atoms with E-state index < -0.39 is 5.79 Å². The molecule has 1 aromatic heterocycles. The van der Waals surface area contributed by atoms with E-state index in [-0.39, 0.29) is 5.56 Å². The molecule has 1 N–H and O–H groups in total. The van der Waals surface area contributed by atoms with E-state index in [0.717, 1.165) is 0 Å². The van der Waals surface area contributed by atoms with Crippen LogP contribution in [0.15, 0.2) is 17.2 Å². The molecular formula is C10H15N3O3. The molecule has 2 rings (SSSR count). The maximum absolute atomic E-state index is 11.6. The molecule has 16 heavy (non-hydrogen) atoms. The van der Waals surface area contributed by atoms with Crippen molar-refractivity contribution in [3.63, 3.8) is 0 Å². The maximum Gasteiger partial charge on any atom is 0.293 e. The van der Waals surface area contributed by atoms with Gasteiger partial charge in [0.05, 0.1) is 19.8 Å². The van der Waals surface area contributed by atoms with Gasteiger partial charge in [-0.3, -0.25) is 4.79 Å². The molecule has 0 aliphatic carbocycles. The van der Waals surface area contributed by atoms with E-state index in [9.17, 15) is 4.79 Å². The molecule has 0 atom stereocenters. The molecule has 6 heteroatoms. The summed E-state index contributed by atoms with van der Waals surface area (Å²) in [5, 5.41) is 2.94. The lowest BCUT2D eigenvalue weighted by Crippen LogP contribution is -2.36. The zero-order chi connectivity index (χ0) is 11.6. The van der Waals surface area contributed by atoms with Gasteiger partial charge in [-0.15, -0.1) is 0 Å². The van der Waals surface area contributed by atoms with E-state index in [2.05, 4.69) is 10.3 Å². The monoisotopic (exact) mass is 225 g/mol. The number of aryl methyl sites for hydroxylation is 1. The largest absolute Gasteiger partial charge is 0.360 e. The Morgan fingerprint density at radius 1 is 1.56 bits per heavy atom. The van der Waals surface area contributed by atoms with Crippen molar-refractivity contribution in [2.75, 3.05) is 25.1 Å². The van der Waals surface area contributed by atoms with Crippen LogP contribution in [-0.2, 0) is 16.5 Å². The number of anilines is 1. The van der Waals surface area contributed by atoms with E-state index in [0.29, 0.717) is 25.6 Å². The van der Waals surface area contributed by atoms with Crippen LogP contribution >= 0.6 is 0 Å². The second kappa shape index (κ2) is 4.23. The van der Waals surface area contributed by atoms with Crippen molar-refractivity contribution < 1.29 is 9.47 Å². The molecule has 88 valence electrons. The molecule has 0 radical (unpaired) electrons. The summed E-state index contributed by atoms with van der Waals surface area (Å²) < 4.78 is 12.3. The fourth-order valence-electron chi connectivity index (χ4n) is 1.52. The first kappa shape index (κ1) is 11.1. The Labute approximate surface area is 93.2 Å². The number of aromatic nitrogens is 2. The standard InChI is InChI=1S/C10H15N3O3/c1-10(15-5-6-16-10)7-12-8-9(14)13(2)4-3-11-8/h3-4H,5-7H2,1-2H3,(H,11,12). The molecule has 0 aromatic carbocycles. The summed E-state index contributed by atoms with van der Waals surface area (Å²) in [6.07, 6.45) is 3.18. The molecule has 1 fully saturated rings. The minimum Gasteiger partial charge on any atom is -0.360 e. The van der Waals surface area contributed by atoms with Crippen LogP contribution in [0.3, 0.4) is 0 Å². The predicted octanol–water partition coefficient (Wildman–Crippen LogP) is -0.0448. The molecule has 0 unspecified atom stereocenters. The van der Waals surface area contributed by atoms with Crippen LogP contribution in [-0.4, -0.2) is 35.1 Å². The normalized spacial score (nSPS) is 18.6. The third-order valence-electron chi connectivity index (χ3n) is 2.49. The van der Waals surface area contributed by atoms with E-state index >= 15 is 0 Å². The molecule has 1 aliphatic heterocycles. The zero-order valence-electron chi connectivity index (χ0n) is 9.40. The van der Waals surface area contributed by atoms with E-state index in [1.807, 2.05) is 6.92 Å². The van der Waals surface area contributed by atoms with Gasteiger partial charge in [0.25, 0.3) is 5.56 Å². The van der Waals surface area contributed by atoms with Crippen LogP contribution in [0.4, 0.5) is 5.82 Å². The van der Waals surface area contributed by atoms with Crippen LogP contribution in [0.25, 0.3) is 0 Å². The molecule has 0 saturated carbocycles. The predicted molar refractivity (Wildman–Crippen MR) is 58.3 cm³/mol. The van der Waals surface area contributed by atoms with Crippen molar-refractivity contribution in [2.45, 2.75) is 12.7 Å². The Bertz CT molecular complexity index is 424. The third kappa shape index (κ3) is 2.23. The fraction of sp³-hybridized carbons (Fsp3) is 0.600. The first-order valence-electron chi connectivity index (χ1n) is 5.14. The highest BCUT2D eigenvalue weighted by Crippen LogP contribution is 2.18. The van der Waals surface area contributed by atoms with Gasteiger partial charge in [0.1, 0.15) is 0 Å². The molecule has 0 amide bonds. The average Bonchev–Trinajstić information content (AvgIpc) is 2.68. The van der Waals surface area contributed by atoms with Gasteiger partial charge < -0.3 is 19.4 Å². The lowest BCUT2D eigenvalue weighted by molar-refractivity contribution is -0.129. The van der Waals surface area contributed by atoms with E-state index in [1.165, 1.54) is 4.57 Å². The first-order chi connectivity index (χ1) is 7.61. The molecule has 1 aromatic rings. The number of hydrogen-bond acceptors (Lipinski definition) is 5. The SMILES string of the molecule is Cn1ccnc(NCC2(C)OCCO2)c1=O. The minimum atomic E-state index is -0.664. The van der Waals surface area contributed by atoms with Gasteiger partial charge in [-0.1, -0.05) is 0 Å². The highest BCUT2D eigenvalue weighted by Gasteiger charge is 2.30. The van der Waals surface area contributed by atoms with Crippen LogP contribution in [0.1, 0.15) is 6.92 Å². The minimum absolute atomic E-state index is 0.163. The van der Waals surface area contributed by atoms with E-state index in [1.54, 1.807) is 19.4 Å². The van der Waals surface area contributed by atoms with Crippen molar-refractivity contribution in [2.24, 2.45) is 7.05 Å². The molecule has 1 aliphatic rings. The van der Waals surface area contributed by atoms with Crippen molar-refractivity contribution >= 4 is 5.82 Å². The van der Waals surface area contributed by atoms with Crippen LogP contribution in [0.2, 0.25) is 0 Å². The van der Waals surface area contributed by atoms with Gasteiger partial charge in [0.2, 0.25) is 0 Å². The van der Waals surface area contributed by atoms with Gasteiger partial charge in [0, 0.05) is 19.4 Å². The summed E-state index contributed by atoms with van der Waals surface area (Å²) in [7, 11) is 1.68. The Kier molecular flexibility index (Phi) is 2.93. The summed E-state index contributed by atoms with van der Waals surface area (Å²) in [6, 6.07) is 0. The summed E-state index contributed by atoms with van der Waals surface area (Å²) in [5.41, 5.74) is -0.163. The topological polar surface area (TPSA) is 65.4 Å².